The summed E-state index contributed by atoms with van der Waals surface area (Å²) in [6.45, 7) is 10.2. The summed E-state index contributed by atoms with van der Waals surface area (Å²) in [5.41, 5.74) is 0.0405. The molecule has 1 heterocycles. The summed E-state index contributed by atoms with van der Waals surface area (Å²) in [7, 11) is 3.95. The molecule has 1 fully saturated rings. The van der Waals surface area contributed by atoms with Crippen LogP contribution in [-0.4, -0.2) is 60.5 Å². The van der Waals surface area contributed by atoms with Gasteiger partial charge in [0.1, 0.15) is 6.04 Å². The molecule has 1 N–H and O–H groups in total. The van der Waals surface area contributed by atoms with Crippen LogP contribution in [0.5, 0.6) is 0 Å². The Bertz CT molecular complexity index is 274. The molecule has 2 unspecified atom stereocenters. The van der Waals surface area contributed by atoms with Gasteiger partial charge < -0.3 is 10.2 Å². The van der Waals surface area contributed by atoms with Crippen LogP contribution in [0.15, 0.2) is 0 Å². The Morgan fingerprint density at radius 1 is 1.53 bits per heavy atom. The molecule has 4 heteroatoms. The van der Waals surface area contributed by atoms with Crippen LogP contribution in [-0.2, 0) is 4.79 Å². The van der Waals surface area contributed by atoms with Crippen LogP contribution in [0.3, 0.4) is 0 Å². The Morgan fingerprint density at radius 2 is 2.12 bits per heavy atom. The van der Waals surface area contributed by atoms with Crippen molar-refractivity contribution in [3.8, 4) is 0 Å². The van der Waals surface area contributed by atoms with E-state index in [0.717, 1.165) is 13.0 Å². The van der Waals surface area contributed by atoms with Crippen molar-refractivity contribution in [3.05, 3.63) is 0 Å². The standard InChI is InChI=1S/C13H27N3O/c1-7-10(2)16-9-13(3,4)15(6)11(8-14-5)12(16)17/h10-11,14H,7-9H2,1-6H3. The van der Waals surface area contributed by atoms with Gasteiger partial charge in [0.05, 0.1) is 0 Å². The predicted molar refractivity (Wildman–Crippen MR) is 71.0 cm³/mol. The van der Waals surface area contributed by atoms with Crippen molar-refractivity contribution in [2.75, 3.05) is 27.2 Å². The lowest BCUT2D eigenvalue weighted by Gasteiger charge is -2.51. The van der Waals surface area contributed by atoms with Crippen molar-refractivity contribution >= 4 is 5.91 Å². The van der Waals surface area contributed by atoms with Crippen LogP contribution in [0.2, 0.25) is 0 Å². The van der Waals surface area contributed by atoms with E-state index in [9.17, 15) is 4.79 Å². The maximum absolute atomic E-state index is 12.5. The molecular weight excluding hydrogens is 214 g/mol. The number of nitrogens with one attached hydrogen (secondary N) is 1. The van der Waals surface area contributed by atoms with Crippen LogP contribution >= 0.6 is 0 Å². The zero-order chi connectivity index (χ0) is 13.2. The average molecular weight is 241 g/mol. The smallest absolute Gasteiger partial charge is 0.241 e. The first kappa shape index (κ1) is 14.5. The third-order valence-electron chi connectivity index (χ3n) is 4.07. The molecule has 4 nitrogen and oxygen atoms in total. The molecule has 0 aromatic carbocycles. The molecule has 2 atom stereocenters. The van der Waals surface area contributed by atoms with E-state index in [0.29, 0.717) is 12.6 Å². The first-order valence-electron chi connectivity index (χ1n) is 6.53. The lowest BCUT2D eigenvalue weighted by molar-refractivity contribution is -0.150. The van der Waals surface area contributed by atoms with Crippen LogP contribution in [0.4, 0.5) is 0 Å². The van der Waals surface area contributed by atoms with Crippen molar-refractivity contribution in [1.29, 1.82) is 0 Å². The lowest BCUT2D eigenvalue weighted by atomic mass is 9.93. The van der Waals surface area contributed by atoms with Gasteiger partial charge in [0.2, 0.25) is 5.91 Å². The molecule has 0 bridgehead atoms. The van der Waals surface area contributed by atoms with Gasteiger partial charge in [0.25, 0.3) is 0 Å². The third kappa shape index (κ3) is 2.80. The number of amides is 1. The Balaban J connectivity index is 2.94. The van der Waals surface area contributed by atoms with E-state index in [2.05, 4.69) is 37.9 Å². The fourth-order valence-electron chi connectivity index (χ4n) is 2.40. The molecule has 0 aromatic heterocycles. The molecule has 0 saturated carbocycles. The molecule has 100 valence electrons. The van der Waals surface area contributed by atoms with E-state index < -0.39 is 0 Å². The Kier molecular flexibility index (Phi) is 4.55. The fraction of sp³-hybridized carbons (Fsp3) is 0.923. The van der Waals surface area contributed by atoms with Gasteiger partial charge in [-0.05, 0) is 41.3 Å². The van der Waals surface area contributed by atoms with Crippen LogP contribution < -0.4 is 5.32 Å². The number of piperazine rings is 1. The Morgan fingerprint density at radius 3 is 2.59 bits per heavy atom. The minimum Gasteiger partial charge on any atom is -0.337 e. The van der Waals surface area contributed by atoms with Gasteiger partial charge in [-0.2, -0.15) is 0 Å². The molecule has 0 aromatic rings. The lowest BCUT2D eigenvalue weighted by Crippen LogP contribution is -2.68. The van der Waals surface area contributed by atoms with Gasteiger partial charge in [-0.25, -0.2) is 0 Å². The largest absolute Gasteiger partial charge is 0.337 e. The fourth-order valence-corrected chi connectivity index (χ4v) is 2.40. The van der Waals surface area contributed by atoms with Gasteiger partial charge >= 0.3 is 0 Å². The van der Waals surface area contributed by atoms with E-state index in [1.165, 1.54) is 0 Å². The first-order chi connectivity index (χ1) is 7.85. The highest BCUT2D eigenvalue weighted by atomic mass is 16.2. The number of hydrogen-bond acceptors (Lipinski definition) is 3. The molecule has 0 spiro atoms. The third-order valence-corrected chi connectivity index (χ3v) is 4.07. The van der Waals surface area contributed by atoms with Crippen molar-refractivity contribution in [3.63, 3.8) is 0 Å². The second-order valence-electron chi connectivity index (χ2n) is 5.72. The minimum absolute atomic E-state index is 0.0405. The first-order valence-corrected chi connectivity index (χ1v) is 6.53. The van der Waals surface area contributed by atoms with Gasteiger partial charge in [0.15, 0.2) is 0 Å². The topological polar surface area (TPSA) is 35.6 Å². The highest BCUT2D eigenvalue weighted by Crippen LogP contribution is 2.26. The van der Waals surface area contributed by atoms with Gasteiger partial charge in [-0.1, -0.05) is 6.92 Å². The maximum Gasteiger partial charge on any atom is 0.241 e. The van der Waals surface area contributed by atoms with Crippen molar-refractivity contribution in [1.82, 2.24) is 15.1 Å². The second kappa shape index (κ2) is 5.36. The molecule has 1 saturated heterocycles. The molecule has 17 heavy (non-hydrogen) atoms. The average Bonchev–Trinajstić information content (AvgIpc) is 2.29. The number of likely N-dealkylation sites (N-methyl/N-ethyl adjacent to an activating group) is 2. The molecule has 1 amide bonds. The summed E-state index contributed by atoms with van der Waals surface area (Å²) in [6.07, 6.45) is 1.01. The van der Waals surface area contributed by atoms with E-state index in [1.54, 1.807) is 0 Å². The molecule has 1 aliphatic rings. The van der Waals surface area contributed by atoms with Crippen LogP contribution in [0, 0.1) is 0 Å². The molecule has 0 radical (unpaired) electrons. The molecule has 1 rings (SSSR count). The zero-order valence-electron chi connectivity index (χ0n) is 12.1. The molecular formula is C13H27N3O. The second-order valence-corrected chi connectivity index (χ2v) is 5.72. The summed E-state index contributed by atoms with van der Waals surface area (Å²) in [5.74, 6) is 0.260. The zero-order valence-corrected chi connectivity index (χ0v) is 12.1. The molecule has 0 aliphatic carbocycles. The minimum atomic E-state index is -0.0438. The number of nitrogens with zero attached hydrogens (tertiary/aromatic N) is 2. The SMILES string of the molecule is CCC(C)N1CC(C)(C)N(C)C(CNC)C1=O. The van der Waals surface area contributed by atoms with Crippen molar-refractivity contribution in [2.45, 2.75) is 51.7 Å². The van der Waals surface area contributed by atoms with Crippen molar-refractivity contribution < 1.29 is 4.79 Å². The summed E-state index contributed by atoms with van der Waals surface area (Å²) >= 11 is 0. The van der Waals surface area contributed by atoms with Crippen LogP contribution in [0.1, 0.15) is 34.1 Å². The number of carbonyl (C=O) groups is 1. The monoisotopic (exact) mass is 241 g/mol. The maximum atomic E-state index is 12.5. The predicted octanol–water partition coefficient (Wildman–Crippen LogP) is 0.925. The molecule has 1 aliphatic heterocycles. The Labute approximate surface area is 105 Å². The summed E-state index contributed by atoms with van der Waals surface area (Å²) in [6, 6.07) is 0.285. The highest BCUT2D eigenvalue weighted by molar-refractivity contribution is 5.83. The van der Waals surface area contributed by atoms with Crippen molar-refractivity contribution in [2.24, 2.45) is 0 Å². The summed E-state index contributed by atoms with van der Waals surface area (Å²) in [5, 5.41) is 3.12. The van der Waals surface area contributed by atoms with E-state index >= 15 is 0 Å². The Hall–Kier alpha value is -0.610. The normalized spacial score (nSPS) is 27.3. The highest BCUT2D eigenvalue weighted by Gasteiger charge is 2.43. The van der Waals surface area contributed by atoms with E-state index in [-0.39, 0.29) is 17.5 Å². The van der Waals surface area contributed by atoms with Gasteiger partial charge in [-0.15, -0.1) is 0 Å². The summed E-state index contributed by atoms with van der Waals surface area (Å²) in [4.78, 5) is 16.7. The summed E-state index contributed by atoms with van der Waals surface area (Å²) < 4.78 is 0. The van der Waals surface area contributed by atoms with Gasteiger partial charge in [0, 0.05) is 24.7 Å². The van der Waals surface area contributed by atoms with E-state index in [4.69, 9.17) is 0 Å². The number of carbonyl (C=O) groups excluding carboxylic acids is 1. The number of hydrogen-bond donors (Lipinski definition) is 1. The van der Waals surface area contributed by atoms with E-state index in [1.807, 2.05) is 19.0 Å². The van der Waals surface area contributed by atoms with Crippen LogP contribution in [0.25, 0.3) is 0 Å². The number of rotatable bonds is 4. The quantitative estimate of drug-likeness (QED) is 0.795. The van der Waals surface area contributed by atoms with Gasteiger partial charge in [-0.3, -0.25) is 9.69 Å².